The minimum absolute atomic E-state index is 0.00251. The molecule has 3 N–H and O–H groups in total. The van der Waals surface area contributed by atoms with Gasteiger partial charge in [0.2, 0.25) is 5.91 Å². The van der Waals surface area contributed by atoms with Crippen LogP contribution >= 0.6 is 0 Å². The van der Waals surface area contributed by atoms with Gasteiger partial charge in [0.1, 0.15) is 0 Å². The van der Waals surface area contributed by atoms with Gasteiger partial charge < -0.3 is 15.7 Å². The van der Waals surface area contributed by atoms with E-state index in [1.165, 1.54) is 0 Å². The molecule has 1 saturated heterocycles. The Bertz CT molecular complexity index is 250. The average Bonchev–Trinajstić information content (AvgIpc) is 2.29. The summed E-state index contributed by atoms with van der Waals surface area (Å²) in [6.45, 7) is 2.97. The molecule has 0 saturated carbocycles. The van der Waals surface area contributed by atoms with Crippen molar-refractivity contribution in [1.29, 1.82) is 0 Å². The largest absolute Gasteiger partial charge is 0.481 e. The van der Waals surface area contributed by atoms with Crippen molar-refractivity contribution < 1.29 is 14.7 Å². The highest BCUT2D eigenvalue weighted by Gasteiger charge is 2.20. The molecule has 0 aromatic rings. The lowest BCUT2D eigenvalue weighted by molar-refractivity contribution is -0.141. The lowest BCUT2D eigenvalue weighted by Crippen LogP contribution is -2.47. The number of carbonyl (C=O) groups is 2. The number of nitrogens with one attached hydrogen (secondary N) is 2. The summed E-state index contributed by atoms with van der Waals surface area (Å²) in [5.41, 5.74) is 0. The van der Waals surface area contributed by atoms with E-state index in [2.05, 4.69) is 10.6 Å². The highest BCUT2D eigenvalue weighted by molar-refractivity contribution is 5.81. The Morgan fingerprint density at radius 2 is 2.25 bits per heavy atom. The fraction of sp³-hybridized carbons (Fsp3) is 0.818. The van der Waals surface area contributed by atoms with Crippen molar-refractivity contribution in [2.45, 2.75) is 38.6 Å². The molecule has 2 atom stereocenters. The molecule has 1 heterocycles. The van der Waals surface area contributed by atoms with Gasteiger partial charge in [0.15, 0.2) is 0 Å². The molecule has 0 aliphatic carbocycles. The smallest absolute Gasteiger partial charge is 0.306 e. The van der Waals surface area contributed by atoms with E-state index in [0.717, 1.165) is 25.8 Å². The van der Waals surface area contributed by atoms with Gasteiger partial charge in [-0.05, 0) is 25.8 Å². The van der Waals surface area contributed by atoms with Crippen LogP contribution in [-0.4, -0.2) is 36.1 Å². The van der Waals surface area contributed by atoms with Gasteiger partial charge >= 0.3 is 5.97 Å². The van der Waals surface area contributed by atoms with E-state index >= 15 is 0 Å². The van der Waals surface area contributed by atoms with Gasteiger partial charge in [0, 0.05) is 6.54 Å². The summed E-state index contributed by atoms with van der Waals surface area (Å²) in [5, 5.41) is 14.6. The molecule has 0 aromatic heterocycles. The van der Waals surface area contributed by atoms with Crippen LogP contribution in [0, 0.1) is 5.92 Å². The SMILES string of the molecule is CC(CCNC(=O)[C@@H]1CCCCN1)C(=O)O. The Hall–Kier alpha value is -1.10. The number of hydrogen-bond donors (Lipinski definition) is 3. The predicted octanol–water partition coefficient (Wildman–Crippen LogP) is 0.356. The van der Waals surface area contributed by atoms with Crippen LogP contribution in [0.15, 0.2) is 0 Å². The summed E-state index contributed by atoms with van der Waals surface area (Å²) in [5.74, 6) is -1.22. The first-order valence-electron chi connectivity index (χ1n) is 5.85. The van der Waals surface area contributed by atoms with E-state index in [1.807, 2.05) is 0 Å². The Morgan fingerprint density at radius 3 is 2.81 bits per heavy atom. The molecule has 1 aliphatic heterocycles. The molecule has 0 spiro atoms. The fourth-order valence-corrected chi connectivity index (χ4v) is 1.73. The van der Waals surface area contributed by atoms with Crippen LogP contribution in [0.4, 0.5) is 0 Å². The van der Waals surface area contributed by atoms with Crippen LogP contribution < -0.4 is 10.6 Å². The first-order valence-corrected chi connectivity index (χ1v) is 5.85. The van der Waals surface area contributed by atoms with Crippen molar-refractivity contribution in [2.75, 3.05) is 13.1 Å². The van der Waals surface area contributed by atoms with Crippen molar-refractivity contribution in [3.8, 4) is 0 Å². The van der Waals surface area contributed by atoms with Gasteiger partial charge in [-0.1, -0.05) is 13.3 Å². The zero-order valence-corrected chi connectivity index (χ0v) is 9.66. The summed E-state index contributed by atoms with van der Waals surface area (Å²) < 4.78 is 0. The molecular formula is C11H20N2O3. The quantitative estimate of drug-likeness (QED) is 0.634. The number of carbonyl (C=O) groups excluding carboxylic acids is 1. The number of carboxylic acids is 1. The number of rotatable bonds is 5. The van der Waals surface area contributed by atoms with Crippen LogP contribution in [0.1, 0.15) is 32.6 Å². The highest BCUT2D eigenvalue weighted by Crippen LogP contribution is 2.07. The second-order valence-electron chi connectivity index (χ2n) is 4.32. The van der Waals surface area contributed by atoms with Crippen LogP contribution in [0.2, 0.25) is 0 Å². The fourth-order valence-electron chi connectivity index (χ4n) is 1.73. The van der Waals surface area contributed by atoms with Gasteiger partial charge in [-0.25, -0.2) is 0 Å². The maximum Gasteiger partial charge on any atom is 0.306 e. The molecular weight excluding hydrogens is 208 g/mol. The molecule has 0 aromatic carbocycles. The Morgan fingerprint density at radius 1 is 1.50 bits per heavy atom. The monoisotopic (exact) mass is 228 g/mol. The molecule has 0 radical (unpaired) electrons. The van der Waals surface area contributed by atoms with E-state index in [1.54, 1.807) is 6.92 Å². The van der Waals surface area contributed by atoms with Gasteiger partial charge in [-0.15, -0.1) is 0 Å². The molecule has 5 heteroatoms. The highest BCUT2D eigenvalue weighted by atomic mass is 16.4. The van der Waals surface area contributed by atoms with Crippen LogP contribution in [0.5, 0.6) is 0 Å². The van der Waals surface area contributed by atoms with Gasteiger partial charge in [0.25, 0.3) is 0 Å². The Labute approximate surface area is 95.6 Å². The third-order valence-corrected chi connectivity index (χ3v) is 2.92. The zero-order chi connectivity index (χ0) is 12.0. The van der Waals surface area contributed by atoms with Crippen LogP contribution in [0.3, 0.4) is 0 Å². The second kappa shape index (κ2) is 6.48. The minimum atomic E-state index is -0.815. The van der Waals surface area contributed by atoms with Crippen molar-refractivity contribution in [3.05, 3.63) is 0 Å². The summed E-state index contributed by atoms with van der Waals surface area (Å²) in [4.78, 5) is 22.2. The van der Waals surface area contributed by atoms with Crippen molar-refractivity contribution >= 4 is 11.9 Å². The third kappa shape index (κ3) is 4.18. The summed E-state index contributed by atoms with van der Waals surface area (Å²) >= 11 is 0. The lowest BCUT2D eigenvalue weighted by Gasteiger charge is -2.22. The van der Waals surface area contributed by atoms with E-state index in [9.17, 15) is 9.59 Å². The summed E-state index contributed by atoms with van der Waals surface area (Å²) in [6, 6.07) is -0.0890. The van der Waals surface area contributed by atoms with E-state index in [0.29, 0.717) is 13.0 Å². The summed E-state index contributed by atoms with van der Waals surface area (Å²) in [7, 11) is 0. The Balaban J connectivity index is 2.16. The lowest BCUT2D eigenvalue weighted by atomic mass is 10.0. The maximum absolute atomic E-state index is 11.6. The molecule has 92 valence electrons. The predicted molar refractivity (Wildman–Crippen MR) is 60.1 cm³/mol. The van der Waals surface area contributed by atoms with Gasteiger partial charge in [-0.3, -0.25) is 9.59 Å². The first kappa shape index (κ1) is 13.0. The molecule has 0 bridgehead atoms. The maximum atomic E-state index is 11.6. The Kier molecular flexibility index (Phi) is 5.25. The molecule has 16 heavy (non-hydrogen) atoms. The normalized spacial score (nSPS) is 22.4. The van der Waals surface area contributed by atoms with Gasteiger partial charge in [-0.2, -0.15) is 0 Å². The zero-order valence-electron chi connectivity index (χ0n) is 9.66. The van der Waals surface area contributed by atoms with E-state index in [4.69, 9.17) is 5.11 Å². The third-order valence-electron chi connectivity index (χ3n) is 2.92. The number of piperidine rings is 1. The van der Waals surface area contributed by atoms with Gasteiger partial charge in [0.05, 0.1) is 12.0 Å². The first-order chi connectivity index (χ1) is 7.61. The van der Waals surface area contributed by atoms with Crippen molar-refractivity contribution in [2.24, 2.45) is 5.92 Å². The number of amides is 1. The molecule has 5 nitrogen and oxygen atoms in total. The standard InChI is InChI=1S/C11H20N2O3/c1-8(11(15)16)5-7-13-10(14)9-4-2-3-6-12-9/h8-9,12H,2-7H2,1H3,(H,13,14)(H,15,16)/t8?,9-/m0/s1. The number of carboxylic acid groups (broad SMARTS) is 1. The van der Waals surface area contributed by atoms with Crippen molar-refractivity contribution in [1.82, 2.24) is 10.6 Å². The van der Waals surface area contributed by atoms with Crippen LogP contribution in [-0.2, 0) is 9.59 Å². The minimum Gasteiger partial charge on any atom is -0.481 e. The molecule has 1 aliphatic rings. The summed E-state index contributed by atoms with van der Waals surface area (Å²) in [6.07, 6.45) is 3.56. The molecule has 1 amide bonds. The molecule has 1 unspecified atom stereocenters. The molecule has 1 fully saturated rings. The average molecular weight is 228 g/mol. The number of hydrogen-bond acceptors (Lipinski definition) is 3. The van der Waals surface area contributed by atoms with E-state index in [-0.39, 0.29) is 11.9 Å². The van der Waals surface area contributed by atoms with Crippen LogP contribution in [0.25, 0.3) is 0 Å². The topological polar surface area (TPSA) is 78.4 Å². The van der Waals surface area contributed by atoms with E-state index < -0.39 is 11.9 Å². The second-order valence-corrected chi connectivity index (χ2v) is 4.32. The molecule has 1 rings (SSSR count). The number of aliphatic carboxylic acids is 1. The van der Waals surface area contributed by atoms with Crippen molar-refractivity contribution in [3.63, 3.8) is 0 Å².